The van der Waals surface area contributed by atoms with Crippen LogP contribution in [-0.4, -0.2) is 19.5 Å². The van der Waals surface area contributed by atoms with Gasteiger partial charge in [-0.05, 0) is 58.7 Å². The minimum atomic E-state index is 0.645. The molecule has 0 aliphatic rings. The highest BCUT2D eigenvalue weighted by atomic mass is 15.0. The van der Waals surface area contributed by atoms with Crippen LogP contribution in [0.4, 0.5) is 0 Å². The van der Waals surface area contributed by atoms with E-state index in [0.717, 1.165) is 33.5 Å². The maximum Gasteiger partial charge on any atom is 0.164 e. The van der Waals surface area contributed by atoms with Gasteiger partial charge in [-0.3, -0.25) is 0 Å². The second-order valence-electron chi connectivity index (χ2n) is 12.1. The van der Waals surface area contributed by atoms with Crippen LogP contribution in [0.2, 0.25) is 0 Å². The van der Waals surface area contributed by atoms with E-state index in [1.807, 2.05) is 60.7 Å². The molecule has 0 saturated heterocycles. The summed E-state index contributed by atoms with van der Waals surface area (Å²) in [6.45, 7) is 0. The van der Waals surface area contributed by atoms with Crippen molar-refractivity contribution in [3.05, 3.63) is 182 Å². The van der Waals surface area contributed by atoms with Crippen molar-refractivity contribution in [2.24, 2.45) is 0 Å². The molecule has 0 aliphatic heterocycles. The van der Waals surface area contributed by atoms with Crippen molar-refractivity contribution in [1.29, 1.82) is 0 Å². The Morgan fingerprint density at radius 2 is 0.735 bits per heavy atom. The molecule has 4 nitrogen and oxygen atoms in total. The van der Waals surface area contributed by atoms with Crippen molar-refractivity contribution >= 4 is 21.8 Å². The second kappa shape index (κ2) is 12.2. The zero-order valence-electron chi connectivity index (χ0n) is 26.6. The van der Waals surface area contributed by atoms with Gasteiger partial charge in [0, 0.05) is 33.2 Å². The van der Waals surface area contributed by atoms with Gasteiger partial charge in [0.1, 0.15) is 0 Å². The molecule has 0 atom stereocenters. The Kier molecular flexibility index (Phi) is 7.10. The molecule has 0 saturated carbocycles. The zero-order chi connectivity index (χ0) is 32.6. The van der Waals surface area contributed by atoms with Gasteiger partial charge in [0.05, 0.1) is 11.0 Å². The standard InChI is InChI=1S/C45H30N4/c1-4-13-31(14-5-1)36-25-28-42-40(30-36)39-21-10-11-22-41(39)49(42)38-26-23-32(24-27-38)35-19-12-20-37(29-35)45-47-43(33-15-6-2-7-16-33)46-44(48-45)34-17-8-3-9-18-34/h1-30H. The summed E-state index contributed by atoms with van der Waals surface area (Å²) in [6.07, 6.45) is 0. The van der Waals surface area contributed by atoms with Gasteiger partial charge >= 0.3 is 0 Å². The van der Waals surface area contributed by atoms with Gasteiger partial charge in [-0.15, -0.1) is 0 Å². The summed E-state index contributed by atoms with van der Waals surface area (Å²) < 4.78 is 2.36. The van der Waals surface area contributed by atoms with Crippen LogP contribution in [0, 0.1) is 0 Å². The van der Waals surface area contributed by atoms with Crippen molar-refractivity contribution in [1.82, 2.24) is 19.5 Å². The Bertz CT molecular complexity index is 2520. The molecule has 2 aromatic heterocycles. The molecule has 0 radical (unpaired) electrons. The van der Waals surface area contributed by atoms with Crippen LogP contribution in [0.5, 0.6) is 0 Å². The number of fused-ring (bicyclic) bond motifs is 3. The Morgan fingerprint density at radius 3 is 1.39 bits per heavy atom. The van der Waals surface area contributed by atoms with E-state index in [-0.39, 0.29) is 0 Å². The molecule has 0 amide bonds. The van der Waals surface area contributed by atoms with Crippen LogP contribution < -0.4 is 0 Å². The van der Waals surface area contributed by atoms with Gasteiger partial charge in [0.2, 0.25) is 0 Å². The number of hydrogen-bond acceptors (Lipinski definition) is 3. The van der Waals surface area contributed by atoms with E-state index in [9.17, 15) is 0 Å². The first kappa shape index (κ1) is 28.6. The molecule has 7 aromatic carbocycles. The minimum Gasteiger partial charge on any atom is -0.309 e. The summed E-state index contributed by atoms with van der Waals surface area (Å²) in [7, 11) is 0. The molecule has 0 aliphatic carbocycles. The number of rotatable bonds is 6. The van der Waals surface area contributed by atoms with E-state index in [1.54, 1.807) is 0 Å². The van der Waals surface area contributed by atoms with Crippen molar-refractivity contribution in [2.75, 3.05) is 0 Å². The number of para-hydroxylation sites is 1. The minimum absolute atomic E-state index is 0.645. The highest BCUT2D eigenvalue weighted by Crippen LogP contribution is 2.36. The van der Waals surface area contributed by atoms with Crippen molar-refractivity contribution < 1.29 is 0 Å². The topological polar surface area (TPSA) is 43.6 Å². The largest absolute Gasteiger partial charge is 0.309 e. The average Bonchev–Trinajstić information content (AvgIpc) is 3.52. The van der Waals surface area contributed by atoms with E-state index >= 15 is 0 Å². The Labute approximate surface area is 284 Å². The first-order chi connectivity index (χ1) is 24.3. The molecule has 0 N–H and O–H groups in total. The highest BCUT2D eigenvalue weighted by Gasteiger charge is 2.15. The summed E-state index contributed by atoms with van der Waals surface area (Å²) >= 11 is 0. The summed E-state index contributed by atoms with van der Waals surface area (Å²) in [5.74, 6) is 1.95. The predicted octanol–water partition coefficient (Wildman–Crippen LogP) is 11.3. The fourth-order valence-electron chi connectivity index (χ4n) is 6.64. The lowest BCUT2D eigenvalue weighted by molar-refractivity contribution is 1.07. The first-order valence-corrected chi connectivity index (χ1v) is 16.5. The monoisotopic (exact) mass is 626 g/mol. The molecule has 49 heavy (non-hydrogen) atoms. The van der Waals surface area contributed by atoms with E-state index in [4.69, 9.17) is 15.0 Å². The SMILES string of the molecule is c1ccc(-c2ccc3c(c2)c2ccccc2n3-c2ccc(-c3cccc(-c4nc(-c5ccccc5)nc(-c5ccccc5)n4)c3)cc2)cc1. The lowest BCUT2D eigenvalue weighted by Gasteiger charge is -2.11. The van der Waals surface area contributed by atoms with Gasteiger partial charge in [0.15, 0.2) is 17.5 Å². The van der Waals surface area contributed by atoms with Crippen LogP contribution in [0.15, 0.2) is 182 Å². The fourth-order valence-corrected chi connectivity index (χ4v) is 6.64. The van der Waals surface area contributed by atoms with Gasteiger partial charge < -0.3 is 4.57 Å². The molecule has 4 heteroatoms. The van der Waals surface area contributed by atoms with Crippen molar-refractivity contribution in [3.8, 4) is 62.1 Å². The molecule has 230 valence electrons. The van der Waals surface area contributed by atoms with Crippen LogP contribution >= 0.6 is 0 Å². The fraction of sp³-hybridized carbons (Fsp3) is 0. The van der Waals surface area contributed by atoms with Crippen LogP contribution in [-0.2, 0) is 0 Å². The van der Waals surface area contributed by atoms with Crippen LogP contribution in [0.3, 0.4) is 0 Å². The second-order valence-corrected chi connectivity index (χ2v) is 12.1. The maximum atomic E-state index is 4.94. The van der Waals surface area contributed by atoms with E-state index in [1.165, 1.54) is 32.9 Å². The predicted molar refractivity (Wildman–Crippen MR) is 201 cm³/mol. The summed E-state index contributed by atoms with van der Waals surface area (Å²) in [5.41, 5.74) is 11.0. The summed E-state index contributed by atoms with van der Waals surface area (Å²) in [5, 5.41) is 2.49. The third-order valence-electron chi connectivity index (χ3n) is 9.06. The quantitative estimate of drug-likeness (QED) is 0.184. The number of benzene rings is 7. The molecule has 0 fully saturated rings. The van der Waals surface area contributed by atoms with Crippen LogP contribution in [0.1, 0.15) is 0 Å². The molecule has 2 heterocycles. The lowest BCUT2D eigenvalue weighted by atomic mass is 10.0. The maximum absolute atomic E-state index is 4.94. The molecule has 0 bridgehead atoms. The first-order valence-electron chi connectivity index (χ1n) is 16.5. The Hall–Kier alpha value is -6.65. The smallest absolute Gasteiger partial charge is 0.164 e. The average molecular weight is 627 g/mol. The molecule has 0 spiro atoms. The van der Waals surface area contributed by atoms with Crippen molar-refractivity contribution in [3.63, 3.8) is 0 Å². The molecular weight excluding hydrogens is 597 g/mol. The Balaban J connectivity index is 1.10. The van der Waals surface area contributed by atoms with Gasteiger partial charge in [-0.1, -0.05) is 146 Å². The highest BCUT2D eigenvalue weighted by molar-refractivity contribution is 6.10. The lowest BCUT2D eigenvalue weighted by Crippen LogP contribution is -2.00. The van der Waals surface area contributed by atoms with Gasteiger partial charge in [-0.25, -0.2) is 15.0 Å². The third kappa shape index (κ3) is 5.35. The number of nitrogens with zero attached hydrogens (tertiary/aromatic N) is 4. The molecular formula is C45H30N4. The van der Waals surface area contributed by atoms with E-state index < -0.39 is 0 Å². The zero-order valence-corrected chi connectivity index (χ0v) is 26.6. The molecule has 0 unspecified atom stereocenters. The Morgan fingerprint density at radius 1 is 0.286 bits per heavy atom. The van der Waals surface area contributed by atoms with E-state index in [0.29, 0.717) is 17.5 Å². The molecule has 9 rings (SSSR count). The third-order valence-corrected chi connectivity index (χ3v) is 9.06. The normalized spacial score (nSPS) is 11.3. The number of hydrogen-bond donors (Lipinski definition) is 0. The van der Waals surface area contributed by atoms with Crippen molar-refractivity contribution in [2.45, 2.75) is 0 Å². The van der Waals surface area contributed by atoms with Gasteiger partial charge in [0.25, 0.3) is 0 Å². The molecule has 9 aromatic rings. The number of aromatic nitrogens is 4. The van der Waals surface area contributed by atoms with Gasteiger partial charge in [-0.2, -0.15) is 0 Å². The van der Waals surface area contributed by atoms with Crippen LogP contribution in [0.25, 0.3) is 83.9 Å². The van der Waals surface area contributed by atoms with E-state index in [2.05, 4.69) is 126 Å². The summed E-state index contributed by atoms with van der Waals surface area (Å²) in [6, 6.07) is 63.5. The summed E-state index contributed by atoms with van der Waals surface area (Å²) in [4.78, 5) is 14.7.